The molecule has 1 aromatic rings. The van der Waals surface area contributed by atoms with Crippen molar-refractivity contribution >= 4 is 35.9 Å². The van der Waals surface area contributed by atoms with E-state index in [9.17, 15) is 18.0 Å². The summed E-state index contributed by atoms with van der Waals surface area (Å²) in [6.45, 7) is 6.42. The van der Waals surface area contributed by atoms with Gasteiger partial charge in [0.05, 0.1) is 18.7 Å². The maximum Gasteiger partial charge on any atom is 0.416 e. The first kappa shape index (κ1) is 25.5. The zero-order valence-corrected chi connectivity index (χ0v) is 19.2. The summed E-state index contributed by atoms with van der Waals surface area (Å²) in [6.07, 6.45) is -4.94. The third kappa shape index (κ3) is 8.00. The molecule has 10 heteroatoms. The fourth-order valence-electron chi connectivity index (χ4n) is 2.82. The first-order valence-electron chi connectivity index (χ1n) is 8.96. The summed E-state index contributed by atoms with van der Waals surface area (Å²) < 4.78 is 49.8. The molecule has 0 radical (unpaired) electrons. The van der Waals surface area contributed by atoms with Crippen LogP contribution in [0.25, 0.3) is 0 Å². The number of alkyl halides is 3. The van der Waals surface area contributed by atoms with Crippen LogP contribution in [0.1, 0.15) is 38.0 Å². The van der Waals surface area contributed by atoms with E-state index in [1.165, 1.54) is 6.07 Å². The minimum absolute atomic E-state index is 0. The summed E-state index contributed by atoms with van der Waals surface area (Å²) in [5.74, 6) is 0.0440. The van der Waals surface area contributed by atoms with E-state index in [2.05, 4.69) is 10.3 Å². The molecule has 1 aliphatic heterocycles. The largest absolute Gasteiger partial charge is 0.459 e. The number of carbonyl (C=O) groups excluding carboxylic acids is 1. The number of nitrogens with zero attached hydrogens (tertiary/aromatic N) is 2. The van der Waals surface area contributed by atoms with Crippen LogP contribution in [-0.4, -0.2) is 55.7 Å². The van der Waals surface area contributed by atoms with Crippen molar-refractivity contribution in [3.05, 3.63) is 35.4 Å². The van der Waals surface area contributed by atoms with Crippen molar-refractivity contribution in [2.24, 2.45) is 4.99 Å². The molecule has 1 heterocycles. The lowest BCUT2D eigenvalue weighted by atomic mass is 10.0. The lowest BCUT2D eigenvalue weighted by Gasteiger charge is -2.35. The molecule has 1 atom stereocenters. The van der Waals surface area contributed by atoms with Crippen molar-refractivity contribution < 1.29 is 27.4 Å². The number of halogens is 4. The lowest BCUT2D eigenvalue weighted by molar-refractivity contribution is -0.153. The predicted octanol–water partition coefficient (Wildman–Crippen LogP) is 3.61. The van der Waals surface area contributed by atoms with Gasteiger partial charge >= 0.3 is 12.1 Å². The van der Waals surface area contributed by atoms with Crippen molar-refractivity contribution in [1.29, 1.82) is 0 Å². The topological polar surface area (TPSA) is 63.2 Å². The number of nitrogens with one attached hydrogen (secondary N) is 1. The molecular weight excluding hydrogens is 502 g/mol. The number of carbonyl (C=O) groups is 1. The highest BCUT2D eigenvalue weighted by atomic mass is 127. The van der Waals surface area contributed by atoms with Crippen LogP contribution in [0.3, 0.4) is 0 Å². The number of ether oxygens (including phenoxy) is 2. The van der Waals surface area contributed by atoms with Gasteiger partial charge in [-0.3, -0.25) is 9.79 Å². The Morgan fingerprint density at radius 3 is 2.62 bits per heavy atom. The Labute approximate surface area is 185 Å². The van der Waals surface area contributed by atoms with Gasteiger partial charge in [-0.2, -0.15) is 13.2 Å². The van der Waals surface area contributed by atoms with Crippen LogP contribution >= 0.6 is 24.0 Å². The molecule has 1 aliphatic rings. The molecule has 2 rings (SSSR count). The van der Waals surface area contributed by atoms with E-state index in [0.29, 0.717) is 31.2 Å². The summed E-state index contributed by atoms with van der Waals surface area (Å²) in [5, 5.41) is 2.93. The van der Waals surface area contributed by atoms with Crippen LogP contribution < -0.4 is 5.32 Å². The van der Waals surface area contributed by atoms with Gasteiger partial charge in [0, 0.05) is 13.6 Å². The molecule has 0 saturated carbocycles. The van der Waals surface area contributed by atoms with E-state index in [-0.39, 0.29) is 30.5 Å². The molecule has 1 fully saturated rings. The van der Waals surface area contributed by atoms with Crippen LogP contribution in [0.15, 0.2) is 29.3 Å². The molecule has 29 heavy (non-hydrogen) atoms. The van der Waals surface area contributed by atoms with Gasteiger partial charge in [0.1, 0.15) is 18.2 Å². The molecule has 0 amide bonds. The number of morpholine rings is 1. The smallest absolute Gasteiger partial charge is 0.416 e. The third-order valence-electron chi connectivity index (χ3n) is 3.97. The Morgan fingerprint density at radius 1 is 1.34 bits per heavy atom. The van der Waals surface area contributed by atoms with Crippen molar-refractivity contribution in [3.63, 3.8) is 0 Å². The van der Waals surface area contributed by atoms with E-state index in [1.54, 1.807) is 33.9 Å². The normalized spacial score (nSPS) is 18.1. The second-order valence-corrected chi connectivity index (χ2v) is 7.42. The lowest BCUT2D eigenvalue weighted by Crippen LogP contribution is -2.49. The number of hydrogen-bond acceptors (Lipinski definition) is 4. The number of aliphatic imine (C=N–C) groups is 1. The van der Waals surface area contributed by atoms with E-state index in [4.69, 9.17) is 9.47 Å². The van der Waals surface area contributed by atoms with E-state index >= 15 is 0 Å². The molecule has 1 saturated heterocycles. The first-order chi connectivity index (χ1) is 13.0. The first-order valence-corrected chi connectivity index (χ1v) is 8.96. The van der Waals surface area contributed by atoms with E-state index in [0.717, 1.165) is 12.1 Å². The number of hydrogen-bond donors (Lipinski definition) is 1. The Hall–Kier alpha value is -1.56. The molecular formula is C19H27F3IN3O3. The zero-order valence-electron chi connectivity index (χ0n) is 16.9. The third-order valence-corrected chi connectivity index (χ3v) is 3.97. The molecule has 6 nitrogen and oxygen atoms in total. The Kier molecular flexibility index (Phi) is 9.19. The molecule has 164 valence electrons. The van der Waals surface area contributed by atoms with Crippen LogP contribution in [0.4, 0.5) is 13.2 Å². The van der Waals surface area contributed by atoms with Crippen LogP contribution in [-0.2, 0) is 20.4 Å². The van der Waals surface area contributed by atoms with Gasteiger partial charge in [-0.05, 0) is 38.5 Å². The molecule has 0 spiro atoms. The highest BCUT2D eigenvalue weighted by Gasteiger charge is 2.32. The Bertz CT molecular complexity index is 721. The Morgan fingerprint density at radius 2 is 2.03 bits per heavy atom. The maximum absolute atomic E-state index is 13.0. The summed E-state index contributed by atoms with van der Waals surface area (Å²) >= 11 is 0. The Balaban J connectivity index is 0.00000420. The number of esters is 1. The quantitative estimate of drug-likeness (QED) is 0.281. The SMILES string of the molecule is CN=C(NCC(=O)OC(C)(C)C)N1CCOC(c2cccc(C(F)(F)F)c2)C1.I. The van der Waals surface area contributed by atoms with Gasteiger partial charge in [0.15, 0.2) is 5.96 Å². The molecule has 1 aromatic carbocycles. The van der Waals surface area contributed by atoms with Gasteiger partial charge in [0.25, 0.3) is 0 Å². The summed E-state index contributed by atoms with van der Waals surface area (Å²) in [4.78, 5) is 17.9. The molecule has 1 unspecified atom stereocenters. The van der Waals surface area contributed by atoms with Gasteiger partial charge in [-0.15, -0.1) is 24.0 Å². The van der Waals surface area contributed by atoms with Crippen molar-refractivity contribution in [2.45, 2.75) is 38.7 Å². The average molecular weight is 529 g/mol. The van der Waals surface area contributed by atoms with Crippen LogP contribution in [0, 0.1) is 0 Å². The standard InChI is InChI=1S/C19H26F3N3O3.HI/c1-18(2,3)28-16(26)11-24-17(23-4)25-8-9-27-15(12-25)13-6-5-7-14(10-13)19(20,21)22;/h5-7,10,15H,8-9,11-12H2,1-4H3,(H,23,24);1H. The summed E-state index contributed by atoms with van der Waals surface area (Å²) in [5.41, 5.74) is -0.851. The highest BCUT2D eigenvalue weighted by Crippen LogP contribution is 2.32. The van der Waals surface area contributed by atoms with Crippen molar-refractivity contribution in [3.8, 4) is 0 Å². The monoisotopic (exact) mass is 529 g/mol. The number of benzene rings is 1. The van der Waals surface area contributed by atoms with Gasteiger partial charge in [-0.1, -0.05) is 12.1 Å². The highest BCUT2D eigenvalue weighted by molar-refractivity contribution is 14.0. The number of guanidine groups is 1. The fourth-order valence-corrected chi connectivity index (χ4v) is 2.82. The number of rotatable bonds is 3. The summed E-state index contributed by atoms with van der Waals surface area (Å²) in [6, 6.07) is 5.12. The average Bonchev–Trinajstić information content (AvgIpc) is 2.60. The second kappa shape index (κ2) is 10.5. The zero-order chi connectivity index (χ0) is 20.9. The van der Waals surface area contributed by atoms with Crippen LogP contribution in [0.2, 0.25) is 0 Å². The summed E-state index contributed by atoms with van der Waals surface area (Å²) in [7, 11) is 1.58. The van der Waals surface area contributed by atoms with Gasteiger partial charge in [-0.25, -0.2) is 0 Å². The minimum Gasteiger partial charge on any atom is -0.459 e. The maximum atomic E-state index is 13.0. The van der Waals surface area contributed by atoms with Gasteiger partial charge < -0.3 is 19.7 Å². The van der Waals surface area contributed by atoms with Gasteiger partial charge in [0.2, 0.25) is 0 Å². The minimum atomic E-state index is -4.41. The molecule has 0 aliphatic carbocycles. The molecule has 0 aromatic heterocycles. The van der Waals surface area contributed by atoms with E-state index < -0.39 is 29.4 Å². The second-order valence-electron chi connectivity index (χ2n) is 7.42. The fraction of sp³-hybridized carbons (Fsp3) is 0.579. The van der Waals surface area contributed by atoms with Crippen molar-refractivity contribution in [1.82, 2.24) is 10.2 Å². The molecule has 1 N–H and O–H groups in total. The van der Waals surface area contributed by atoms with Crippen LogP contribution in [0.5, 0.6) is 0 Å². The predicted molar refractivity (Wildman–Crippen MR) is 114 cm³/mol. The molecule has 0 bridgehead atoms. The van der Waals surface area contributed by atoms with E-state index in [1.807, 2.05) is 4.90 Å². The van der Waals surface area contributed by atoms with Crippen molar-refractivity contribution in [2.75, 3.05) is 33.3 Å².